The lowest BCUT2D eigenvalue weighted by molar-refractivity contribution is 0.168. The molecule has 0 aliphatic rings. The summed E-state index contributed by atoms with van der Waals surface area (Å²) in [4.78, 5) is 17.6. The van der Waals surface area contributed by atoms with E-state index in [1.807, 2.05) is 65.2 Å². The van der Waals surface area contributed by atoms with Gasteiger partial charge in [0.1, 0.15) is 5.00 Å². The minimum atomic E-state index is -0.484. The second kappa shape index (κ2) is 9.52. The Bertz CT molecular complexity index is 1020. The molecule has 0 saturated heterocycles. The average Bonchev–Trinajstić information content (AvgIpc) is 3.01. The zero-order valence-corrected chi connectivity index (χ0v) is 17.8. The van der Waals surface area contributed by atoms with Crippen LogP contribution in [-0.2, 0) is 11.3 Å². The molecule has 5 nitrogen and oxygen atoms in total. The number of anilines is 1. The number of thiazole rings is 1. The van der Waals surface area contributed by atoms with E-state index in [0.717, 1.165) is 26.2 Å². The molecular formula is C21H20BrN3O2S. The van der Waals surface area contributed by atoms with E-state index < -0.39 is 6.09 Å². The third-order valence-electron chi connectivity index (χ3n) is 3.81. The highest BCUT2D eigenvalue weighted by atomic mass is 79.9. The van der Waals surface area contributed by atoms with Crippen molar-refractivity contribution in [3.8, 4) is 11.3 Å². The van der Waals surface area contributed by atoms with Gasteiger partial charge in [0.25, 0.3) is 0 Å². The fourth-order valence-electron chi connectivity index (χ4n) is 2.65. The number of amides is 1. The van der Waals surface area contributed by atoms with Crippen LogP contribution in [0, 0.1) is 0 Å². The van der Waals surface area contributed by atoms with E-state index in [4.69, 9.17) is 9.73 Å². The van der Waals surface area contributed by atoms with E-state index in [1.165, 1.54) is 11.3 Å². The first-order chi connectivity index (χ1) is 13.6. The van der Waals surface area contributed by atoms with Crippen molar-refractivity contribution in [2.45, 2.75) is 13.5 Å². The predicted molar refractivity (Wildman–Crippen MR) is 118 cm³/mol. The second-order valence-corrected chi connectivity index (χ2v) is 7.65. The number of hydrogen-bond acceptors (Lipinski definition) is 4. The summed E-state index contributed by atoms with van der Waals surface area (Å²) in [6.45, 7) is 6.51. The minimum Gasteiger partial charge on any atom is -0.450 e. The van der Waals surface area contributed by atoms with Crippen LogP contribution >= 0.6 is 27.3 Å². The van der Waals surface area contributed by atoms with Crippen LogP contribution in [0.5, 0.6) is 0 Å². The Morgan fingerprint density at radius 1 is 1.25 bits per heavy atom. The monoisotopic (exact) mass is 457 g/mol. The highest BCUT2D eigenvalue weighted by Gasteiger charge is 2.17. The molecule has 0 aliphatic carbocycles. The number of rotatable bonds is 6. The molecule has 0 saturated carbocycles. The molecule has 0 unspecified atom stereocenters. The summed E-state index contributed by atoms with van der Waals surface area (Å²) in [6.07, 6.45) is 1.33. The Morgan fingerprint density at radius 3 is 2.61 bits per heavy atom. The van der Waals surface area contributed by atoms with Gasteiger partial charge in [0.2, 0.25) is 0 Å². The van der Waals surface area contributed by atoms with Gasteiger partial charge in [-0.05, 0) is 31.2 Å². The molecule has 0 atom stereocenters. The molecule has 0 fully saturated rings. The fraction of sp³-hybridized carbons (Fsp3) is 0.143. The zero-order chi connectivity index (χ0) is 19.9. The van der Waals surface area contributed by atoms with Crippen molar-refractivity contribution in [2.24, 2.45) is 4.99 Å². The Labute approximate surface area is 176 Å². The van der Waals surface area contributed by atoms with Crippen molar-refractivity contribution in [1.29, 1.82) is 0 Å². The molecule has 3 aromatic rings. The number of nitrogens with one attached hydrogen (secondary N) is 1. The Hall–Kier alpha value is -2.64. The summed E-state index contributed by atoms with van der Waals surface area (Å²) >= 11 is 4.84. The van der Waals surface area contributed by atoms with E-state index in [1.54, 1.807) is 6.92 Å². The lowest BCUT2D eigenvalue weighted by Crippen LogP contribution is -2.15. The number of hydrogen-bond donors (Lipinski definition) is 1. The SMILES string of the molecule is C=CCn1c(-c2ccccc2)c(NC(=O)OCC)sc1=Nc1ccc(Br)cc1. The first kappa shape index (κ1) is 20.1. The molecule has 0 radical (unpaired) electrons. The number of carbonyl (C=O) groups excluding carboxylic acids is 1. The summed E-state index contributed by atoms with van der Waals surface area (Å²) in [5.41, 5.74) is 2.67. The maximum absolute atomic E-state index is 12.1. The molecular weight excluding hydrogens is 438 g/mol. The summed E-state index contributed by atoms with van der Waals surface area (Å²) < 4.78 is 8.10. The van der Waals surface area contributed by atoms with Crippen LogP contribution < -0.4 is 10.1 Å². The molecule has 0 aliphatic heterocycles. The van der Waals surface area contributed by atoms with Crippen molar-refractivity contribution >= 4 is 44.0 Å². The topological polar surface area (TPSA) is 55.6 Å². The molecule has 3 rings (SSSR count). The molecule has 2 aromatic carbocycles. The van der Waals surface area contributed by atoms with Gasteiger partial charge in [0.05, 0.1) is 18.0 Å². The number of benzene rings is 2. The number of nitrogens with zero attached hydrogens (tertiary/aromatic N) is 2. The first-order valence-corrected chi connectivity index (χ1v) is 10.4. The Kier molecular flexibility index (Phi) is 6.84. The quantitative estimate of drug-likeness (QED) is 0.463. The van der Waals surface area contributed by atoms with Gasteiger partial charge in [0, 0.05) is 16.6 Å². The van der Waals surface area contributed by atoms with Gasteiger partial charge in [-0.2, -0.15) is 0 Å². The summed E-state index contributed by atoms with van der Waals surface area (Å²) in [5, 5.41) is 3.54. The Balaban J connectivity index is 2.19. The molecule has 144 valence electrons. The van der Waals surface area contributed by atoms with Crippen molar-refractivity contribution in [2.75, 3.05) is 11.9 Å². The molecule has 0 bridgehead atoms. The summed E-state index contributed by atoms with van der Waals surface area (Å²) in [5.74, 6) is 0. The molecule has 28 heavy (non-hydrogen) atoms. The van der Waals surface area contributed by atoms with Crippen LogP contribution in [-0.4, -0.2) is 17.3 Å². The number of carbonyl (C=O) groups is 1. The molecule has 0 spiro atoms. The van der Waals surface area contributed by atoms with Gasteiger partial charge < -0.3 is 9.30 Å². The second-order valence-electron chi connectivity index (χ2n) is 5.76. The van der Waals surface area contributed by atoms with Gasteiger partial charge in [0.15, 0.2) is 4.80 Å². The Morgan fingerprint density at radius 2 is 1.96 bits per heavy atom. The highest BCUT2D eigenvalue weighted by molar-refractivity contribution is 9.10. The van der Waals surface area contributed by atoms with Crippen molar-refractivity contribution in [3.05, 3.63) is 76.5 Å². The van der Waals surface area contributed by atoms with E-state index in [9.17, 15) is 4.79 Å². The fourth-order valence-corrected chi connectivity index (χ4v) is 3.98. The molecule has 1 heterocycles. The molecule has 7 heteroatoms. The number of aromatic nitrogens is 1. The van der Waals surface area contributed by atoms with Crippen LogP contribution in [0.1, 0.15) is 6.92 Å². The van der Waals surface area contributed by atoms with Crippen LogP contribution in [0.25, 0.3) is 11.3 Å². The molecule has 1 N–H and O–H groups in total. The third kappa shape index (κ3) is 4.79. The van der Waals surface area contributed by atoms with E-state index in [0.29, 0.717) is 18.2 Å². The summed E-state index contributed by atoms with van der Waals surface area (Å²) in [7, 11) is 0. The maximum atomic E-state index is 12.1. The van der Waals surface area contributed by atoms with Gasteiger partial charge in [-0.1, -0.05) is 63.7 Å². The normalized spacial score (nSPS) is 11.3. The number of halogens is 1. The number of ether oxygens (including phenoxy) is 1. The standard InChI is InChI=1S/C21H20BrN3O2S/c1-3-14-25-18(15-8-6-5-7-9-15)19(24-21(26)27-4-2)28-20(25)23-17-12-10-16(22)11-13-17/h3,5-13H,1,4,14H2,2H3,(H,24,26). The van der Waals surface area contributed by atoms with Crippen molar-refractivity contribution in [1.82, 2.24) is 4.57 Å². The van der Waals surface area contributed by atoms with Crippen LogP contribution in [0.3, 0.4) is 0 Å². The van der Waals surface area contributed by atoms with Gasteiger partial charge in [-0.3, -0.25) is 5.32 Å². The van der Waals surface area contributed by atoms with Gasteiger partial charge in [-0.15, -0.1) is 6.58 Å². The van der Waals surface area contributed by atoms with Gasteiger partial charge >= 0.3 is 6.09 Å². The molecule has 1 amide bonds. The van der Waals surface area contributed by atoms with Crippen LogP contribution in [0.4, 0.5) is 15.5 Å². The largest absolute Gasteiger partial charge is 0.450 e. The predicted octanol–water partition coefficient (Wildman–Crippen LogP) is 5.97. The first-order valence-electron chi connectivity index (χ1n) is 8.76. The van der Waals surface area contributed by atoms with E-state index in [-0.39, 0.29) is 0 Å². The minimum absolute atomic E-state index is 0.306. The highest BCUT2D eigenvalue weighted by Crippen LogP contribution is 2.31. The maximum Gasteiger partial charge on any atom is 0.412 e. The van der Waals surface area contributed by atoms with E-state index >= 15 is 0 Å². The third-order valence-corrected chi connectivity index (χ3v) is 5.33. The van der Waals surface area contributed by atoms with Crippen LogP contribution in [0.2, 0.25) is 0 Å². The average molecular weight is 458 g/mol. The number of allylic oxidation sites excluding steroid dienone is 1. The smallest absolute Gasteiger partial charge is 0.412 e. The summed E-state index contributed by atoms with van der Waals surface area (Å²) in [6, 6.07) is 17.6. The lowest BCUT2D eigenvalue weighted by Gasteiger charge is -2.10. The lowest BCUT2D eigenvalue weighted by atomic mass is 10.1. The molecule has 1 aromatic heterocycles. The van der Waals surface area contributed by atoms with E-state index in [2.05, 4.69) is 27.8 Å². The van der Waals surface area contributed by atoms with Crippen molar-refractivity contribution in [3.63, 3.8) is 0 Å². The van der Waals surface area contributed by atoms with Crippen molar-refractivity contribution < 1.29 is 9.53 Å². The zero-order valence-electron chi connectivity index (χ0n) is 15.4. The van der Waals surface area contributed by atoms with Crippen LogP contribution in [0.15, 0.2) is 76.7 Å². The van der Waals surface area contributed by atoms with Gasteiger partial charge in [-0.25, -0.2) is 9.79 Å².